The van der Waals surface area contributed by atoms with Gasteiger partial charge in [-0.15, -0.1) is 22.7 Å². The van der Waals surface area contributed by atoms with Crippen molar-refractivity contribution in [1.29, 1.82) is 0 Å². The van der Waals surface area contributed by atoms with Gasteiger partial charge in [0.2, 0.25) is 0 Å². The Morgan fingerprint density at radius 3 is 1.30 bits per heavy atom. The minimum Gasteiger partial charge on any atom is -0.149 e. The van der Waals surface area contributed by atoms with Crippen LogP contribution in [0.25, 0.3) is 22.3 Å². The summed E-state index contributed by atoms with van der Waals surface area (Å²) in [5.74, 6) is 0. The largest absolute Gasteiger partial charge is 0.149 e. The Morgan fingerprint density at radius 2 is 1.00 bits per heavy atom. The van der Waals surface area contributed by atoms with Gasteiger partial charge in [0.1, 0.15) is 0 Å². The maximum atomic E-state index is 2.33. The van der Waals surface area contributed by atoms with Gasteiger partial charge in [0, 0.05) is 9.75 Å². The molecule has 0 amide bonds. The van der Waals surface area contributed by atoms with Crippen molar-refractivity contribution < 1.29 is 0 Å². The smallest absolute Gasteiger partial charge is 0.00205 e. The highest BCUT2D eigenvalue weighted by Gasteiger charge is 2.12. The summed E-state index contributed by atoms with van der Waals surface area (Å²) < 4.78 is 0. The molecule has 2 aromatic heterocycles. The molecule has 0 aliphatic carbocycles. The first-order valence-corrected chi connectivity index (χ1v) is 8.53. The molecule has 0 bridgehead atoms. The van der Waals surface area contributed by atoms with E-state index in [0.717, 1.165) is 0 Å². The number of rotatable bonds is 2. The fraction of sp³-hybridized carbons (Fsp3) is 0.222. The van der Waals surface area contributed by atoms with Crippen LogP contribution in [0.4, 0.5) is 0 Å². The van der Waals surface area contributed by atoms with E-state index in [4.69, 9.17) is 0 Å². The molecule has 0 aliphatic rings. The second kappa shape index (κ2) is 5.19. The standard InChI is InChI=1S/C18H18S2/c1-11-5-17(15-7-13(3)19-9-15)18(6-12(11)2)16-8-14(4)20-10-16/h5-10H,1-4H3. The number of thiophene rings is 2. The molecule has 0 aliphatic heterocycles. The maximum absolute atomic E-state index is 2.33. The van der Waals surface area contributed by atoms with Crippen LogP contribution in [0.15, 0.2) is 35.0 Å². The third-order valence-electron chi connectivity index (χ3n) is 3.72. The van der Waals surface area contributed by atoms with Crippen LogP contribution in [-0.4, -0.2) is 0 Å². The molecule has 0 saturated carbocycles. The van der Waals surface area contributed by atoms with E-state index in [9.17, 15) is 0 Å². The summed E-state index contributed by atoms with van der Waals surface area (Å²) >= 11 is 3.64. The van der Waals surface area contributed by atoms with Crippen molar-refractivity contribution in [1.82, 2.24) is 0 Å². The molecule has 0 nitrogen and oxygen atoms in total. The van der Waals surface area contributed by atoms with E-state index < -0.39 is 0 Å². The minimum absolute atomic E-state index is 1.34. The zero-order valence-electron chi connectivity index (χ0n) is 12.3. The van der Waals surface area contributed by atoms with Crippen LogP contribution in [0.3, 0.4) is 0 Å². The van der Waals surface area contributed by atoms with E-state index in [1.807, 2.05) is 22.7 Å². The average Bonchev–Trinajstić information content (AvgIpc) is 3.01. The Bertz CT molecular complexity index is 694. The van der Waals surface area contributed by atoms with Crippen molar-refractivity contribution in [3.05, 3.63) is 55.9 Å². The van der Waals surface area contributed by atoms with Gasteiger partial charge < -0.3 is 0 Å². The SMILES string of the molecule is Cc1cc(-c2cc(C)c(C)cc2-c2csc(C)c2)cs1. The van der Waals surface area contributed by atoms with Crippen molar-refractivity contribution >= 4 is 22.7 Å². The molecule has 0 saturated heterocycles. The zero-order valence-corrected chi connectivity index (χ0v) is 13.9. The summed E-state index contributed by atoms with van der Waals surface area (Å²) in [5, 5.41) is 4.53. The number of benzene rings is 1. The molecule has 20 heavy (non-hydrogen) atoms. The van der Waals surface area contributed by atoms with Crippen molar-refractivity contribution in [2.45, 2.75) is 27.7 Å². The fourth-order valence-electron chi connectivity index (χ4n) is 2.46. The number of aryl methyl sites for hydroxylation is 4. The van der Waals surface area contributed by atoms with E-state index in [2.05, 4.69) is 62.7 Å². The summed E-state index contributed by atoms with van der Waals surface area (Å²) in [6.45, 7) is 8.73. The lowest BCUT2D eigenvalue weighted by molar-refractivity contribution is 1.34. The molecule has 0 N–H and O–H groups in total. The summed E-state index contributed by atoms with van der Waals surface area (Å²) in [4.78, 5) is 2.73. The summed E-state index contributed by atoms with van der Waals surface area (Å²) in [5.41, 5.74) is 8.12. The van der Waals surface area contributed by atoms with E-state index >= 15 is 0 Å². The molecular formula is C18H18S2. The van der Waals surface area contributed by atoms with Crippen LogP contribution in [0.5, 0.6) is 0 Å². The van der Waals surface area contributed by atoms with Crippen LogP contribution in [0.2, 0.25) is 0 Å². The van der Waals surface area contributed by atoms with Crippen molar-refractivity contribution in [2.24, 2.45) is 0 Å². The molecule has 2 heterocycles. The van der Waals surface area contributed by atoms with Gasteiger partial charge in [-0.3, -0.25) is 0 Å². The number of hydrogen-bond acceptors (Lipinski definition) is 2. The summed E-state index contributed by atoms with van der Waals surface area (Å²) in [6.07, 6.45) is 0. The van der Waals surface area contributed by atoms with Gasteiger partial charge >= 0.3 is 0 Å². The maximum Gasteiger partial charge on any atom is 0.00205 e. The number of hydrogen-bond donors (Lipinski definition) is 0. The molecule has 0 unspecified atom stereocenters. The first-order chi connectivity index (χ1) is 9.54. The first kappa shape index (κ1) is 13.6. The summed E-state index contributed by atoms with van der Waals surface area (Å²) in [6, 6.07) is 9.24. The molecule has 3 rings (SSSR count). The Kier molecular flexibility index (Phi) is 3.53. The van der Waals surface area contributed by atoms with Gasteiger partial charge in [0.05, 0.1) is 0 Å². The zero-order chi connectivity index (χ0) is 14.3. The fourth-order valence-corrected chi connectivity index (χ4v) is 3.87. The van der Waals surface area contributed by atoms with Crippen LogP contribution in [0.1, 0.15) is 20.9 Å². The highest BCUT2D eigenvalue weighted by atomic mass is 32.1. The minimum atomic E-state index is 1.34. The topological polar surface area (TPSA) is 0 Å². The molecular weight excluding hydrogens is 280 g/mol. The monoisotopic (exact) mass is 298 g/mol. The lowest BCUT2D eigenvalue weighted by Gasteiger charge is -2.11. The quantitative estimate of drug-likeness (QED) is 0.515. The Balaban J connectivity index is 2.24. The van der Waals surface area contributed by atoms with Crippen LogP contribution in [0, 0.1) is 27.7 Å². The van der Waals surface area contributed by atoms with Gasteiger partial charge in [-0.25, -0.2) is 0 Å². The van der Waals surface area contributed by atoms with Crippen LogP contribution in [-0.2, 0) is 0 Å². The summed E-state index contributed by atoms with van der Waals surface area (Å²) in [7, 11) is 0. The van der Waals surface area contributed by atoms with Crippen molar-refractivity contribution in [2.75, 3.05) is 0 Å². The normalized spacial score (nSPS) is 11.0. The highest BCUT2D eigenvalue weighted by molar-refractivity contribution is 7.10. The average molecular weight is 298 g/mol. The molecule has 2 heteroatoms. The first-order valence-electron chi connectivity index (χ1n) is 6.77. The van der Waals surface area contributed by atoms with Crippen LogP contribution < -0.4 is 0 Å². The lowest BCUT2D eigenvalue weighted by atomic mass is 9.93. The molecule has 0 radical (unpaired) electrons. The highest BCUT2D eigenvalue weighted by Crippen LogP contribution is 2.37. The van der Waals surface area contributed by atoms with E-state index in [0.29, 0.717) is 0 Å². The second-order valence-electron chi connectivity index (χ2n) is 5.37. The Labute approximate surface area is 128 Å². The van der Waals surface area contributed by atoms with Gasteiger partial charge in [-0.1, -0.05) is 12.1 Å². The predicted molar refractivity (Wildman–Crippen MR) is 92.0 cm³/mol. The third kappa shape index (κ3) is 2.46. The van der Waals surface area contributed by atoms with Crippen molar-refractivity contribution in [3.63, 3.8) is 0 Å². The Hall–Kier alpha value is -1.38. The molecule has 0 spiro atoms. The van der Waals surface area contributed by atoms with Crippen molar-refractivity contribution in [3.8, 4) is 22.3 Å². The predicted octanol–water partition coefficient (Wildman–Crippen LogP) is 6.38. The molecule has 0 atom stereocenters. The lowest BCUT2D eigenvalue weighted by Crippen LogP contribution is -1.88. The molecule has 1 aromatic carbocycles. The van der Waals surface area contributed by atoms with E-state index in [1.54, 1.807) is 0 Å². The van der Waals surface area contributed by atoms with Gasteiger partial charge in [0.15, 0.2) is 0 Å². The molecule has 0 fully saturated rings. The second-order valence-corrected chi connectivity index (χ2v) is 7.60. The molecule has 102 valence electrons. The van der Waals surface area contributed by atoms with Gasteiger partial charge in [0.25, 0.3) is 0 Å². The van der Waals surface area contributed by atoms with E-state index in [1.165, 1.54) is 43.1 Å². The van der Waals surface area contributed by atoms with Gasteiger partial charge in [-0.2, -0.15) is 0 Å². The van der Waals surface area contributed by atoms with Crippen LogP contribution >= 0.6 is 22.7 Å². The Morgan fingerprint density at radius 1 is 0.600 bits per heavy atom. The molecule has 3 aromatic rings. The van der Waals surface area contributed by atoms with E-state index in [-0.39, 0.29) is 0 Å². The van der Waals surface area contributed by atoms with Gasteiger partial charge in [-0.05, 0) is 84.0 Å². The third-order valence-corrected chi connectivity index (χ3v) is 5.44.